The molecule has 0 saturated carbocycles. The first-order chi connectivity index (χ1) is 15.5. The molecule has 2 aliphatic rings. The van der Waals surface area contributed by atoms with Gasteiger partial charge in [0.05, 0.1) is 0 Å². The van der Waals surface area contributed by atoms with Crippen molar-refractivity contribution in [3.05, 3.63) is 78.4 Å². The minimum absolute atomic E-state index is 0.113. The van der Waals surface area contributed by atoms with Gasteiger partial charge in [0, 0.05) is 30.4 Å². The molecule has 1 aromatic heterocycles. The number of benzene rings is 4. The second kappa shape index (κ2) is 6.49. The zero-order valence-electron chi connectivity index (χ0n) is 18.2. The van der Waals surface area contributed by atoms with Crippen LogP contribution in [0.3, 0.4) is 0 Å². The normalized spacial score (nSPS) is 14.4. The molecule has 2 aliphatic heterocycles. The Bertz CT molecular complexity index is 1570. The standard InChI is InChI=1S/C28H21BOS2/c1-28(2,3)16-12-25-27-26(13-16)32-24-15-22-18(17-8-4-6-10-21(17)30-22)14-20(24)29(27)19-9-5-7-11-23(19)31-25/h4-15H,1-3H3. The lowest BCUT2D eigenvalue weighted by Gasteiger charge is -2.34. The van der Waals surface area contributed by atoms with E-state index >= 15 is 0 Å². The summed E-state index contributed by atoms with van der Waals surface area (Å²) < 4.78 is 6.24. The molecule has 0 N–H and O–H groups in total. The Kier molecular flexibility index (Phi) is 3.85. The summed E-state index contributed by atoms with van der Waals surface area (Å²) in [4.78, 5) is 5.48. The van der Waals surface area contributed by atoms with Gasteiger partial charge in [-0.05, 0) is 46.8 Å². The molecule has 0 bridgehead atoms. The van der Waals surface area contributed by atoms with Gasteiger partial charge in [-0.15, -0.1) is 0 Å². The average molecular weight is 448 g/mol. The van der Waals surface area contributed by atoms with E-state index in [1.165, 1.54) is 52.3 Å². The highest BCUT2D eigenvalue weighted by Crippen LogP contribution is 2.42. The summed E-state index contributed by atoms with van der Waals surface area (Å²) in [6.07, 6.45) is 0. The predicted molar refractivity (Wildman–Crippen MR) is 138 cm³/mol. The Morgan fingerprint density at radius 3 is 2.19 bits per heavy atom. The zero-order valence-corrected chi connectivity index (χ0v) is 19.9. The van der Waals surface area contributed by atoms with Gasteiger partial charge in [-0.1, -0.05) is 97.7 Å². The topological polar surface area (TPSA) is 13.1 Å². The number of rotatable bonds is 0. The lowest BCUT2D eigenvalue weighted by Crippen LogP contribution is -2.58. The fourth-order valence-corrected chi connectivity index (χ4v) is 7.60. The number of para-hydroxylation sites is 1. The van der Waals surface area contributed by atoms with Crippen LogP contribution in [-0.2, 0) is 5.41 Å². The third kappa shape index (κ3) is 2.63. The minimum atomic E-state index is 0.113. The van der Waals surface area contributed by atoms with E-state index in [9.17, 15) is 0 Å². The smallest absolute Gasteiger partial charge is 0.247 e. The first kappa shape index (κ1) is 19.0. The van der Waals surface area contributed by atoms with Crippen LogP contribution in [0, 0.1) is 0 Å². The number of furan rings is 1. The number of hydrogen-bond donors (Lipinski definition) is 0. The highest BCUT2D eigenvalue weighted by atomic mass is 32.2. The van der Waals surface area contributed by atoms with E-state index in [0.29, 0.717) is 0 Å². The van der Waals surface area contributed by atoms with Crippen molar-refractivity contribution >= 4 is 68.6 Å². The second-order valence-corrected chi connectivity index (χ2v) is 12.0. The van der Waals surface area contributed by atoms with Gasteiger partial charge in [0.15, 0.2) is 0 Å². The van der Waals surface area contributed by atoms with E-state index in [1.54, 1.807) is 0 Å². The van der Waals surface area contributed by atoms with Crippen LogP contribution in [0.1, 0.15) is 26.3 Å². The molecular weight excluding hydrogens is 427 g/mol. The minimum Gasteiger partial charge on any atom is -0.456 e. The highest BCUT2D eigenvalue weighted by Gasteiger charge is 2.39. The van der Waals surface area contributed by atoms with E-state index in [-0.39, 0.29) is 12.1 Å². The van der Waals surface area contributed by atoms with Gasteiger partial charge in [-0.3, -0.25) is 0 Å². The maximum atomic E-state index is 6.24. The number of hydrogen-bond acceptors (Lipinski definition) is 3. The van der Waals surface area contributed by atoms with Crippen LogP contribution in [0.2, 0.25) is 0 Å². The first-order valence-electron chi connectivity index (χ1n) is 11.1. The van der Waals surface area contributed by atoms with Crippen molar-refractivity contribution in [3.63, 3.8) is 0 Å². The van der Waals surface area contributed by atoms with Crippen LogP contribution in [0.5, 0.6) is 0 Å². The third-order valence-electron chi connectivity index (χ3n) is 6.75. The highest BCUT2D eigenvalue weighted by molar-refractivity contribution is 8.01. The fourth-order valence-electron chi connectivity index (χ4n) is 5.10. The predicted octanol–water partition coefficient (Wildman–Crippen LogP) is 6.33. The summed E-state index contributed by atoms with van der Waals surface area (Å²) in [5, 5.41) is 2.41. The third-order valence-corrected chi connectivity index (χ3v) is 9.03. The van der Waals surface area contributed by atoms with E-state index in [0.717, 1.165) is 11.2 Å². The molecule has 0 saturated heterocycles. The second-order valence-electron chi connectivity index (χ2n) is 9.80. The van der Waals surface area contributed by atoms with Gasteiger partial charge in [0.1, 0.15) is 11.2 Å². The van der Waals surface area contributed by atoms with Crippen LogP contribution >= 0.6 is 23.5 Å². The van der Waals surface area contributed by atoms with Crippen LogP contribution in [-0.4, -0.2) is 6.71 Å². The molecule has 0 atom stereocenters. The summed E-state index contributed by atoms with van der Waals surface area (Å²) >= 11 is 3.84. The Hall–Kier alpha value is -2.56. The molecule has 3 heterocycles. The molecule has 4 aromatic carbocycles. The molecule has 32 heavy (non-hydrogen) atoms. The average Bonchev–Trinajstić information content (AvgIpc) is 3.14. The van der Waals surface area contributed by atoms with Gasteiger partial charge in [-0.2, -0.15) is 0 Å². The number of fused-ring (bicyclic) bond motifs is 7. The van der Waals surface area contributed by atoms with E-state index in [2.05, 4.69) is 87.5 Å². The summed E-state index contributed by atoms with van der Waals surface area (Å²) in [5.41, 5.74) is 7.75. The molecule has 4 heteroatoms. The Balaban J connectivity index is 1.56. The van der Waals surface area contributed by atoms with Crippen molar-refractivity contribution in [2.45, 2.75) is 45.8 Å². The van der Waals surface area contributed by atoms with Crippen LogP contribution in [0.4, 0.5) is 0 Å². The molecule has 1 nitrogen and oxygen atoms in total. The quantitative estimate of drug-likeness (QED) is 0.252. The Morgan fingerprint density at radius 1 is 0.656 bits per heavy atom. The summed E-state index contributed by atoms with van der Waals surface area (Å²) in [7, 11) is 0. The molecule has 0 unspecified atom stereocenters. The largest absolute Gasteiger partial charge is 0.456 e. The molecule has 0 aliphatic carbocycles. The molecule has 0 spiro atoms. The lowest BCUT2D eigenvalue weighted by atomic mass is 9.36. The van der Waals surface area contributed by atoms with E-state index < -0.39 is 0 Å². The molecular formula is C28H21BOS2. The van der Waals surface area contributed by atoms with Crippen LogP contribution < -0.4 is 16.4 Å². The molecule has 5 aromatic rings. The monoisotopic (exact) mass is 448 g/mol. The van der Waals surface area contributed by atoms with Gasteiger partial charge < -0.3 is 4.42 Å². The van der Waals surface area contributed by atoms with E-state index in [1.807, 2.05) is 29.6 Å². The van der Waals surface area contributed by atoms with Crippen molar-refractivity contribution in [1.82, 2.24) is 0 Å². The molecule has 7 rings (SSSR count). The molecule has 0 radical (unpaired) electrons. The molecule has 0 amide bonds. The van der Waals surface area contributed by atoms with Gasteiger partial charge in [0.25, 0.3) is 0 Å². The van der Waals surface area contributed by atoms with Gasteiger partial charge >= 0.3 is 0 Å². The van der Waals surface area contributed by atoms with Gasteiger partial charge in [0.2, 0.25) is 6.71 Å². The Labute approximate surface area is 196 Å². The summed E-state index contributed by atoms with van der Waals surface area (Å²) in [5.74, 6) is 0. The zero-order chi connectivity index (χ0) is 21.6. The Morgan fingerprint density at radius 2 is 1.38 bits per heavy atom. The molecule has 154 valence electrons. The van der Waals surface area contributed by atoms with Crippen molar-refractivity contribution < 1.29 is 4.42 Å². The van der Waals surface area contributed by atoms with Gasteiger partial charge in [-0.25, -0.2) is 0 Å². The van der Waals surface area contributed by atoms with Crippen molar-refractivity contribution in [3.8, 4) is 0 Å². The first-order valence-corrected chi connectivity index (χ1v) is 12.7. The maximum Gasteiger partial charge on any atom is 0.247 e. The SMILES string of the molecule is CC(C)(C)c1cc2c3c(c1)Sc1cc4oc5ccccc5c4cc1B3c1ccccc1S2. The summed E-state index contributed by atoms with van der Waals surface area (Å²) in [6, 6.07) is 26.8. The van der Waals surface area contributed by atoms with Crippen LogP contribution in [0.25, 0.3) is 21.9 Å². The van der Waals surface area contributed by atoms with Crippen molar-refractivity contribution in [1.29, 1.82) is 0 Å². The van der Waals surface area contributed by atoms with Crippen molar-refractivity contribution in [2.24, 2.45) is 0 Å². The maximum absolute atomic E-state index is 6.24. The summed E-state index contributed by atoms with van der Waals surface area (Å²) in [6.45, 7) is 7.18. The van der Waals surface area contributed by atoms with Crippen molar-refractivity contribution in [2.75, 3.05) is 0 Å². The van der Waals surface area contributed by atoms with Crippen LogP contribution in [0.15, 0.2) is 96.8 Å². The fraction of sp³-hybridized carbons (Fsp3) is 0.143. The van der Waals surface area contributed by atoms with E-state index in [4.69, 9.17) is 4.42 Å². The molecule has 0 fully saturated rings. The lowest BCUT2D eigenvalue weighted by molar-refractivity contribution is 0.587.